The molecule has 0 saturated heterocycles. The SMILES string of the molecule is O=C([O-])CCC(=O)Nc1ncccc1OCc1ccc(Cl)c(Cl)c1. The van der Waals surface area contributed by atoms with Crippen LogP contribution in [-0.2, 0) is 16.2 Å². The Bertz CT molecular complexity index is 753. The maximum absolute atomic E-state index is 11.7. The third kappa shape index (κ3) is 5.40. The molecule has 0 aliphatic heterocycles. The van der Waals surface area contributed by atoms with Crippen LogP contribution >= 0.6 is 23.2 Å². The molecule has 8 heteroatoms. The van der Waals surface area contributed by atoms with Crippen LogP contribution in [0.5, 0.6) is 5.75 Å². The Kier molecular flexibility index (Phi) is 6.40. The van der Waals surface area contributed by atoms with Crippen molar-refractivity contribution in [2.24, 2.45) is 0 Å². The number of carboxylic acids is 1. The second-order valence-electron chi connectivity index (χ2n) is 4.81. The zero-order valence-corrected chi connectivity index (χ0v) is 13.9. The molecule has 0 aliphatic carbocycles. The van der Waals surface area contributed by atoms with E-state index >= 15 is 0 Å². The van der Waals surface area contributed by atoms with Gasteiger partial charge in [0.15, 0.2) is 11.6 Å². The van der Waals surface area contributed by atoms with Gasteiger partial charge in [0.25, 0.3) is 0 Å². The molecule has 1 aromatic heterocycles. The van der Waals surface area contributed by atoms with E-state index < -0.39 is 11.9 Å². The molecule has 0 unspecified atom stereocenters. The molecule has 1 aromatic carbocycles. The van der Waals surface area contributed by atoms with Gasteiger partial charge in [-0.25, -0.2) is 4.98 Å². The first kappa shape index (κ1) is 18.0. The van der Waals surface area contributed by atoms with Crippen molar-refractivity contribution in [3.05, 3.63) is 52.1 Å². The third-order valence-electron chi connectivity index (χ3n) is 2.96. The molecule has 0 bridgehead atoms. The molecule has 0 spiro atoms. The van der Waals surface area contributed by atoms with Crippen molar-refractivity contribution in [3.8, 4) is 5.75 Å². The summed E-state index contributed by atoms with van der Waals surface area (Å²) in [5.41, 5.74) is 0.794. The van der Waals surface area contributed by atoms with Crippen LogP contribution in [0.3, 0.4) is 0 Å². The number of aromatic nitrogens is 1. The molecule has 24 heavy (non-hydrogen) atoms. The smallest absolute Gasteiger partial charge is 0.226 e. The minimum Gasteiger partial charge on any atom is -0.550 e. The normalized spacial score (nSPS) is 10.2. The highest BCUT2D eigenvalue weighted by Crippen LogP contribution is 2.25. The number of rotatable bonds is 7. The fraction of sp³-hybridized carbons (Fsp3) is 0.188. The van der Waals surface area contributed by atoms with E-state index in [4.69, 9.17) is 27.9 Å². The molecular formula is C16H13Cl2N2O4-. The lowest BCUT2D eigenvalue weighted by Crippen LogP contribution is -2.24. The summed E-state index contributed by atoms with van der Waals surface area (Å²) in [6.45, 7) is 0.199. The van der Waals surface area contributed by atoms with Crippen LogP contribution in [0.15, 0.2) is 36.5 Å². The van der Waals surface area contributed by atoms with Gasteiger partial charge in [0.1, 0.15) is 6.61 Å². The molecule has 1 N–H and O–H groups in total. The molecule has 126 valence electrons. The van der Waals surface area contributed by atoms with Crippen LogP contribution in [0.4, 0.5) is 5.82 Å². The minimum absolute atomic E-state index is 0.199. The molecule has 6 nitrogen and oxygen atoms in total. The Hall–Kier alpha value is -2.31. The summed E-state index contributed by atoms with van der Waals surface area (Å²) in [5.74, 6) is -1.22. The lowest BCUT2D eigenvalue weighted by molar-refractivity contribution is -0.305. The highest BCUT2D eigenvalue weighted by Gasteiger charge is 2.10. The Morgan fingerprint density at radius 1 is 1.17 bits per heavy atom. The molecule has 1 amide bonds. The first-order valence-corrected chi connectivity index (χ1v) is 7.72. The fourth-order valence-corrected chi connectivity index (χ4v) is 2.12. The molecular weight excluding hydrogens is 355 g/mol. The van der Waals surface area contributed by atoms with Crippen molar-refractivity contribution < 1.29 is 19.4 Å². The largest absolute Gasteiger partial charge is 0.550 e. The topological polar surface area (TPSA) is 91.3 Å². The van der Waals surface area contributed by atoms with Crippen LogP contribution in [-0.4, -0.2) is 16.9 Å². The fourth-order valence-electron chi connectivity index (χ4n) is 1.80. The number of aliphatic carboxylic acids is 1. The number of anilines is 1. The van der Waals surface area contributed by atoms with E-state index in [-0.39, 0.29) is 25.3 Å². The number of benzene rings is 1. The van der Waals surface area contributed by atoms with E-state index in [0.29, 0.717) is 15.8 Å². The molecule has 2 rings (SSSR count). The number of nitrogens with zero attached hydrogens (tertiary/aromatic N) is 1. The van der Waals surface area contributed by atoms with Crippen LogP contribution in [0.1, 0.15) is 18.4 Å². The second-order valence-corrected chi connectivity index (χ2v) is 5.62. The Morgan fingerprint density at radius 3 is 2.67 bits per heavy atom. The lowest BCUT2D eigenvalue weighted by Gasteiger charge is -2.12. The zero-order valence-electron chi connectivity index (χ0n) is 12.4. The number of ether oxygens (including phenoxy) is 1. The van der Waals surface area contributed by atoms with E-state index in [1.807, 2.05) is 0 Å². The van der Waals surface area contributed by atoms with Gasteiger partial charge in [0.2, 0.25) is 5.91 Å². The van der Waals surface area contributed by atoms with Gasteiger partial charge in [0.05, 0.1) is 10.0 Å². The van der Waals surface area contributed by atoms with E-state index in [1.54, 1.807) is 30.3 Å². The molecule has 2 aromatic rings. The van der Waals surface area contributed by atoms with Crippen LogP contribution in [0.25, 0.3) is 0 Å². The Balaban J connectivity index is 2.01. The second kappa shape index (κ2) is 8.52. The van der Waals surface area contributed by atoms with Gasteiger partial charge < -0.3 is 20.0 Å². The minimum atomic E-state index is -1.29. The number of amides is 1. The van der Waals surface area contributed by atoms with Gasteiger partial charge >= 0.3 is 0 Å². The van der Waals surface area contributed by atoms with Gasteiger partial charge in [-0.15, -0.1) is 0 Å². The molecule has 0 atom stereocenters. The van der Waals surface area contributed by atoms with E-state index in [1.165, 1.54) is 6.20 Å². The van der Waals surface area contributed by atoms with E-state index in [0.717, 1.165) is 5.56 Å². The van der Waals surface area contributed by atoms with Gasteiger partial charge in [0, 0.05) is 18.6 Å². The molecule has 0 fully saturated rings. The van der Waals surface area contributed by atoms with Crippen LogP contribution in [0, 0.1) is 0 Å². The maximum atomic E-state index is 11.7. The van der Waals surface area contributed by atoms with Crippen molar-refractivity contribution in [1.82, 2.24) is 4.98 Å². The summed E-state index contributed by atoms with van der Waals surface area (Å²) in [6, 6.07) is 8.40. The van der Waals surface area contributed by atoms with Crippen molar-refractivity contribution in [1.29, 1.82) is 0 Å². The van der Waals surface area contributed by atoms with Gasteiger partial charge in [-0.1, -0.05) is 29.3 Å². The summed E-state index contributed by atoms with van der Waals surface area (Å²) in [5, 5.41) is 13.8. The average molecular weight is 368 g/mol. The summed E-state index contributed by atoms with van der Waals surface area (Å²) in [6.07, 6.45) is 0.920. The number of halogens is 2. The van der Waals surface area contributed by atoms with Gasteiger partial charge in [-0.05, 0) is 36.2 Å². The first-order chi connectivity index (χ1) is 11.5. The summed E-state index contributed by atoms with van der Waals surface area (Å²) >= 11 is 11.8. The monoisotopic (exact) mass is 367 g/mol. The quantitative estimate of drug-likeness (QED) is 0.811. The number of hydrogen-bond donors (Lipinski definition) is 1. The third-order valence-corrected chi connectivity index (χ3v) is 3.70. The molecule has 0 saturated carbocycles. The van der Waals surface area contributed by atoms with Crippen molar-refractivity contribution in [2.75, 3.05) is 5.32 Å². The molecule has 1 heterocycles. The highest BCUT2D eigenvalue weighted by molar-refractivity contribution is 6.42. The number of carbonyl (C=O) groups is 2. The van der Waals surface area contributed by atoms with Crippen molar-refractivity contribution >= 4 is 40.9 Å². The zero-order chi connectivity index (χ0) is 17.5. The average Bonchev–Trinajstić information content (AvgIpc) is 2.55. The predicted molar refractivity (Wildman–Crippen MR) is 87.9 cm³/mol. The predicted octanol–water partition coefficient (Wildman–Crippen LogP) is 2.44. The number of carbonyl (C=O) groups excluding carboxylic acids is 2. The molecule has 0 radical (unpaired) electrons. The molecule has 0 aliphatic rings. The summed E-state index contributed by atoms with van der Waals surface area (Å²) in [4.78, 5) is 26.1. The number of carboxylic acid groups (broad SMARTS) is 1. The summed E-state index contributed by atoms with van der Waals surface area (Å²) < 4.78 is 5.64. The van der Waals surface area contributed by atoms with Crippen molar-refractivity contribution in [2.45, 2.75) is 19.4 Å². The van der Waals surface area contributed by atoms with E-state index in [2.05, 4.69) is 10.3 Å². The van der Waals surface area contributed by atoms with Gasteiger partial charge in [-0.2, -0.15) is 0 Å². The van der Waals surface area contributed by atoms with Crippen molar-refractivity contribution in [3.63, 3.8) is 0 Å². The number of pyridine rings is 1. The van der Waals surface area contributed by atoms with Crippen LogP contribution < -0.4 is 15.2 Å². The highest BCUT2D eigenvalue weighted by atomic mass is 35.5. The Morgan fingerprint density at radius 2 is 1.96 bits per heavy atom. The number of nitrogens with one attached hydrogen (secondary N) is 1. The maximum Gasteiger partial charge on any atom is 0.226 e. The number of hydrogen-bond acceptors (Lipinski definition) is 5. The lowest BCUT2D eigenvalue weighted by atomic mass is 10.2. The Labute approximate surface area is 148 Å². The van der Waals surface area contributed by atoms with Gasteiger partial charge in [-0.3, -0.25) is 4.79 Å². The van der Waals surface area contributed by atoms with E-state index in [9.17, 15) is 14.7 Å². The van der Waals surface area contributed by atoms with Crippen LogP contribution in [0.2, 0.25) is 10.0 Å². The standard InChI is InChI=1S/C16H14Cl2N2O4/c17-11-4-3-10(8-12(11)18)9-24-13-2-1-7-19-16(13)20-14(21)5-6-15(22)23/h1-4,7-8H,5-6,9H2,(H,22,23)(H,19,20,21)/p-1. The first-order valence-electron chi connectivity index (χ1n) is 6.97. The summed E-state index contributed by atoms with van der Waals surface area (Å²) in [7, 11) is 0.